The maximum Gasteiger partial charge on any atom is 0.513 e. The average molecular weight is 353 g/mol. The number of benzene rings is 2. The van der Waals surface area contributed by atoms with Crippen LogP contribution in [0.25, 0.3) is 22.2 Å². The Morgan fingerprint density at radius 2 is 1.73 bits per heavy atom. The summed E-state index contributed by atoms with van der Waals surface area (Å²) in [6.45, 7) is 1.96. The number of hydrogen-bond acceptors (Lipinski definition) is 6. The topological polar surface area (TPSA) is 66.9 Å². The van der Waals surface area contributed by atoms with Crippen LogP contribution in [-0.4, -0.2) is 32.0 Å². The van der Waals surface area contributed by atoms with Crippen molar-refractivity contribution < 1.29 is 23.7 Å². The zero-order valence-corrected chi connectivity index (χ0v) is 14.8. The Morgan fingerprint density at radius 1 is 0.962 bits per heavy atom. The molecule has 0 atom stereocenters. The van der Waals surface area contributed by atoms with E-state index in [1.165, 1.54) is 0 Å². The van der Waals surface area contributed by atoms with Crippen molar-refractivity contribution in [2.75, 3.05) is 20.8 Å². The summed E-state index contributed by atoms with van der Waals surface area (Å²) in [5, 5.41) is 0.727. The lowest BCUT2D eigenvalue weighted by atomic mass is 10.1. The van der Waals surface area contributed by atoms with E-state index in [1.54, 1.807) is 33.3 Å². The molecule has 3 rings (SSSR count). The zero-order chi connectivity index (χ0) is 18.5. The van der Waals surface area contributed by atoms with Crippen LogP contribution in [0.3, 0.4) is 0 Å². The Morgan fingerprint density at radius 3 is 2.46 bits per heavy atom. The van der Waals surface area contributed by atoms with Gasteiger partial charge in [0.15, 0.2) is 11.5 Å². The Balaban J connectivity index is 2.10. The van der Waals surface area contributed by atoms with Gasteiger partial charge in [0.1, 0.15) is 5.75 Å². The Kier molecular flexibility index (Phi) is 5.22. The van der Waals surface area contributed by atoms with Crippen molar-refractivity contribution in [2.24, 2.45) is 0 Å². The molecule has 3 aromatic rings. The van der Waals surface area contributed by atoms with Gasteiger partial charge < -0.3 is 18.9 Å². The molecule has 0 saturated heterocycles. The van der Waals surface area contributed by atoms with Crippen molar-refractivity contribution in [3.63, 3.8) is 0 Å². The minimum Gasteiger partial charge on any atom is -0.493 e. The van der Waals surface area contributed by atoms with Crippen LogP contribution in [0.2, 0.25) is 0 Å². The van der Waals surface area contributed by atoms with Crippen LogP contribution in [0.4, 0.5) is 4.79 Å². The van der Waals surface area contributed by atoms with Gasteiger partial charge in [-0.15, -0.1) is 0 Å². The molecule has 0 saturated carbocycles. The van der Waals surface area contributed by atoms with Crippen LogP contribution in [0, 0.1) is 0 Å². The molecule has 0 aliphatic heterocycles. The summed E-state index contributed by atoms with van der Waals surface area (Å²) in [7, 11) is 3.15. The minimum atomic E-state index is -0.748. The van der Waals surface area contributed by atoms with Crippen LogP contribution in [0.1, 0.15) is 6.92 Å². The van der Waals surface area contributed by atoms with Gasteiger partial charge in [-0.3, -0.25) is 0 Å². The van der Waals surface area contributed by atoms with Crippen molar-refractivity contribution in [2.45, 2.75) is 6.92 Å². The second kappa shape index (κ2) is 7.74. The fourth-order valence-electron chi connectivity index (χ4n) is 2.61. The Hall–Kier alpha value is -3.28. The molecule has 1 heterocycles. The first-order valence-electron chi connectivity index (χ1n) is 8.13. The van der Waals surface area contributed by atoms with Gasteiger partial charge in [-0.25, -0.2) is 9.78 Å². The molecule has 1 aromatic heterocycles. The number of pyridine rings is 1. The number of nitrogens with zero attached hydrogens (tertiary/aromatic N) is 1. The molecule has 6 heteroatoms. The summed E-state index contributed by atoms with van der Waals surface area (Å²) in [6.07, 6.45) is -0.748. The first-order valence-corrected chi connectivity index (χ1v) is 8.13. The molecule has 134 valence electrons. The van der Waals surface area contributed by atoms with Crippen molar-refractivity contribution in [3.05, 3.63) is 48.5 Å². The number of carbonyl (C=O) groups is 1. The minimum absolute atomic E-state index is 0.240. The van der Waals surface area contributed by atoms with E-state index in [9.17, 15) is 4.79 Å². The summed E-state index contributed by atoms with van der Waals surface area (Å²) < 4.78 is 20.9. The number of hydrogen-bond donors (Lipinski definition) is 0. The van der Waals surface area contributed by atoms with Gasteiger partial charge in [-0.05, 0) is 37.3 Å². The number of fused-ring (bicyclic) bond motifs is 1. The molecular formula is C20H19NO5. The highest BCUT2D eigenvalue weighted by molar-refractivity contribution is 5.89. The fraction of sp³-hybridized carbons (Fsp3) is 0.200. The third-order valence-corrected chi connectivity index (χ3v) is 3.81. The molecule has 0 spiro atoms. The SMILES string of the molecule is CCOC(=O)Oc1cc(-c2ccc(OC)c(OC)c2)nc2ccccc12. The highest BCUT2D eigenvalue weighted by Gasteiger charge is 2.14. The van der Waals surface area contributed by atoms with Crippen LogP contribution < -0.4 is 14.2 Å². The number of rotatable bonds is 5. The van der Waals surface area contributed by atoms with Crippen molar-refractivity contribution in [3.8, 4) is 28.5 Å². The number of ether oxygens (including phenoxy) is 4. The molecule has 0 fully saturated rings. The van der Waals surface area contributed by atoms with E-state index in [1.807, 2.05) is 36.4 Å². The largest absolute Gasteiger partial charge is 0.513 e. The van der Waals surface area contributed by atoms with Crippen LogP contribution >= 0.6 is 0 Å². The summed E-state index contributed by atoms with van der Waals surface area (Å²) in [5.41, 5.74) is 2.16. The molecule has 26 heavy (non-hydrogen) atoms. The first kappa shape index (κ1) is 17.5. The highest BCUT2D eigenvalue weighted by atomic mass is 16.7. The predicted molar refractivity (Wildman–Crippen MR) is 97.9 cm³/mol. The van der Waals surface area contributed by atoms with Gasteiger partial charge in [-0.2, -0.15) is 0 Å². The van der Waals surface area contributed by atoms with Gasteiger partial charge in [-0.1, -0.05) is 12.1 Å². The van der Waals surface area contributed by atoms with E-state index in [4.69, 9.17) is 18.9 Å². The van der Waals surface area contributed by atoms with E-state index in [0.29, 0.717) is 28.5 Å². The number of methoxy groups -OCH3 is 2. The van der Waals surface area contributed by atoms with Gasteiger partial charge in [0.05, 0.1) is 32.0 Å². The van der Waals surface area contributed by atoms with Crippen molar-refractivity contribution >= 4 is 17.1 Å². The van der Waals surface area contributed by atoms with Gasteiger partial charge >= 0.3 is 6.16 Å². The van der Waals surface area contributed by atoms with Gasteiger partial charge in [0, 0.05) is 17.0 Å². The smallest absolute Gasteiger partial charge is 0.493 e. The molecule has 0 amide bonds. The lowest BCUT2D eigenvalue weighted by molar-refractivity contribution is 0.105. The second-order valence-electron chi connectivity index (χ2n) is 5.38. The van der Waals surface area contributed by atoms with E-state index < -0.39 is 6.16 Å². The number of para-hydroxylation sites is 1. The van der Waals surface area contributed by atoms with E-state index in [2.05, 4.69) is 4.98 Å². The monoisotopic (exact) mass is 353 g/mol. The van der Waals surface area contributed by atoms with E-state index >= 15 is 0 Å². The lowest BCUT2D eigenvalue weighted by Gasteiger charge is -2.12. The van der Waals surface area contributed by atoms with Gasteiger partial charge in [0.25, 0.3) is 0 Å². The molecule has 6 nitrogen and oxygen atoms in total. The second-order valence-corrected chi connectivity index (χ2v) is 5.38. The normalized spacial score (nSPS) is 10.4. The maximum absolute atomic E-state index is 11.8. The molecule has 0 unspecified atom stereocenters. The fourth-order valence-corrected chi connectivity index (χ4v) is 2.61. The summed E-state index contributed by atoms with van der Waals surface area (Å²) in [5.74, 6) is 1.60. The Labute approximate surface area is 151 Å². The first-order chi connectivity index (χ1) is 12.7. The van der Waals surface area contributed by atoms with E-state index in [0.717, 1.165) is 10.9 Å². The molecular weight excluding hydrogens is 334 g/mol. The summed E-state index contributed by atoms with van der Waals surface area (Å²) >= 11 is 0. The maximum atomic E-state index is 11.8. The third kappa shape index (κ3) is 3.54. The molecule has 0 aliphatic carbocycles. The number of carbonyl (C=O) groups excluding carboxylic acids is 1. The predicted octanol–water partition coefficient (Wildman–Crippen LogP) is 4.45. The number of aromatic nitrogens is 1. The molecule has 0 radical (unpaired) electrons. The summed E-state index contributed by atoms with van der Waals surface area (Å²) in [4.78, 5) is 16.4. The Bertz CT molecular complexity index is 939. The molecule has 0 aliphatic rings. The third-order valence-electron chi connectivity index (χ3n) is 3.81. The zero-order valence-electron chi connectivity index (χ0n) is 14.8. The standard InChI is InChI=1S/C20H19NO5/c1-4-25-20(22)26-18-12-16(21-15-8-6-5-7-14(15)18)13-9-10-17(23-2)19(11-13)24-3/h5-12H,4H2,1-3H3. The quantitative estimate of drug-likeness (QED) is 0.631. The van der Waals surface area contributed by atoms with Crippen LogP contribution in [0.5, 0.6) is 17.2 Å². The summed E-state index contributed by atoms with van der Waals surface area (Å²) in [6, 6.07) is 14.6. The lowest BCUT2D eigenvalue weighted by Crippen LogP contribution is -2.10. The highest BCUT2D eigenvalue weighted by Crippen LogP contribution is 2.35. The molecule has 0 bridgehead atoms. The van der Waals surface area contributed by atoms with Crippen molar-refractivity contribution in [1.82, 2.24) is 4.98 Å². The molecule has 0 N–H and O–H groups in total. The average Bonchev–Trinajstić information content (AvgIpc) is 2.67. The van der Waals surface area contributed by atoms with Crippen LogP contribution in [0.15, 0.2) is 48.5 Å². The van der Waals surface area contributed by atoms with Crippen molar-refractivity contribution in [1.29, 1.82) is 0 Å². The molecule has 2 aromatic carbocycles. The van der Waals surface area contributed by atoms with Crippen LogP contribution in [-0.2, 0) is 4.74 Å². The van der Waals surface area contributed by atoms with Gasteiger partial charge in [0.2, 0.25) is 0 Å². The van der Waals surface area contributed by atoms with E-state index in [-0.39, 0.29) is 6.61 Å².